The number of alkyl carbamates (subject to hydrolysis) is 1. The van der Waals surface area contributed by atoms with Crippen molar-refractivity contribution in [2.24, 2.45) is 5.73 Å². The molecule has 0 aliphatic carbocycles. The average molecular weight is 875 g/mol. The van der Waals surface area contributed by atoms with Crippen molar-refractivity contribution >= 4 is 59.6 Å². The molecule has 21 heteroatoms. The number of hydrogen-bond acceptors (Lipinski definition) is 11. The largest absolute Gasteiger partial charge is 0.480 e. The lowest BCUT2D eigenvalue weighted by atomic mass is 10.0. The van der Waals surface area contributed by atoms with Crippen LogP contribution in [0.15, 0.2) is 54.6 Å². The van der Waals surface area contributed by atoms with Gasteiger partial charge in [0, 0.05) is 37.1 Å². The SMILES string of the molecule is C[C@H](NC(=O)/C=C/c1ccc(F)cc1F)C(=O)N[C@H](CCC(=O)N[C@@H](CCCCNC(=O)CCC(=O)O[C@@H](C(=O)O)[C@@H](NC(=O)OC(C)(C)C)c1ccccc1)C(=O)O)C(N)=O. The zero-order valence-corrected chi connectivity index (χ0v) is 34.5. The van der Waals surface area contributed by atoms with Crippen molar-refractivity contribution in [1.82, 2.24) is 26.6 Å². The number of carbonyl (C=O) groups excluding carboxylic acids is 7. The monoisotopic (exact) mass is 874 g/mol. The standard InChI is InChI=1S/C41H52F2N6O13/c1-23(46-31(51)17-14-24-13-15-26(42)22-27(24)43)37(55)48-28(36(44)54)16-18-32(52)47-29(38(56)57)12-8-9-21-45-30(50)19-20-33(53)61-35(39(58)59)34(25-10-6-5-7-11-25)49-40(60)62-41(2,3)4/h5-7,10-11,13-15,17,22-23,28-29,34-35H,8-9,12,16,18-21H2,1-4H3,(H2,44,54)(H,45,50)(H,46,51)(H,47,52)(H,48,55)(H,49,60)(H,56,57)(H,58,59)/b17-14+/t23-,28+,29-,34-,35+/m0/s1. The van der Waals surface area contributed by atoms with E-state index in [9.17, 15) is 62.1 Å². The Bertz CT molecular complexity index is 1960. The highest BCUT2D eigenvalue weighted by atomic mass is 19.1. The summed E-state index contributed by atoms with van der Waals surface area (Å²) in [4.78, 5) is 111. The second kappa shape index (κ2) is 25.0. The fraction of sp³-hybridized carbons (Fsp3) is 0.439. The van der Waals surface area contributed by atoms with E-state index in [0.29, 0.717) is 11.6 Å². The van der Waals surface area contributed by atoms with Gasteiger partial charge < -0.3 is 52.0 Å². The number of benzene rings is 2. The summed E-state index contributed by atoms with van der Waals surface area (Å²) >= 11 is 0. The number of primary amides is 1. The molecule has 0 fully saturated rings. The second-order valence-electron chi connectivity index (χ2n) is 14.8. The van der Waals surface area contributed by atoms with Crippen LogP contribution in [0.3, 0.4) is 0 Å². The van der Waals surface area contributed by atoms with Gasteiger partial charge in [-0.1, -0.05) is 30.3 Å². The first-order chi connectivity index (χ1) is 29.1. The Kier molecular flexibility index (Phi) is 20.6. The van der Waals surface area contributed by atoms with Crippen LogP contribution in [-0.2, 0) is 47.8 Å². The van der Waals surface area contributed by atoms with E-state index in [4.69, 9.17) is 15.2 Å². The molecular weight excluding hydrogens is 822 g/mol. The van der Waals surface area contributed by atoms with Crippen LogP contribution in [0.4, 0.5) is 13.6 Å². The van der Waals surface area contributed by atoms with E-state index in [1.165, 1.54) is 19.1 Å². The summed E-state index contributed by atoms with van der Waals surface area (Å²) in [6.45, 7) is 6.17. The van der Waals surface area contributed by atoms with Crippen LogP contribution in [-0.4, -0.2) is 100 Å². The third kappa shape index (κ3) is 19.4. The minimum atomic E-state index is -1.87. The fourth-order valence-electron chi connectivity index (χ4n) is 5.41. The van der Waals surface area contributed by atoms with Crippen LogP contribution < -0.4 is 32.3 Å². The molecule has 2 aromatic carbocycles. The zero-order valence-electron chi connectivity index (χ0n) is 34.5. The molecule has 0 bridgehead atoms. The molecular formula is C41H52F2N6O13. The summed E-state index contributed by atoms with van der Waals surface area (Å²) in [6, 6.07) is 5.35. The first-order valence-electron chi connectivity index (χ1n) is 19.3. The van der Waals surface area contributed by atoms with Crippen LogP contribution in [0, 0.1) is 11.6 Å². The minimum absolute atomic E-state index is 0.0593. The van der Waals surface area contributed by atoms with Crippen LogP contribution >= 0.6 is 0 Å². The number of rotatable bonds is 24. The third-order valence-corrected chi connectivity index (χ3v) is 8.52. The van der Waals surface area contributed by atoms with Gasteiger partial charge >= 0.3 is 24.0 Å². The average Bonchev–Trinajstić information content (AvgIpc) is 3.18. The van der Waals surface area contributed by atoms with Crippen LogP contribution in [0.25, 0.3) is 6.08 Å². The van der Waals surface area contributed by atoms with Gasteiger partial charge in [0.2, 0.25) is 35.6 Å². The van der Waals surface area contributed by atoms with Gasteiger partial charge in [-0.15, -0.1) is 0 Å². The quantitative estimate of drug-likeness (QED) is 0.0427. The number of carbonyl (C=O) groups is 9. The van der Waals surface area contributed by atoms with Gasteiger partial charge in [0.1, 0.15) is 41.4 Å². The Morgan fingerprint density at radius 1 is 0.790 bits per heavy atom. The molecule has 19 nitrogen and oxygen atoms in total. The summed E-state index contributed by atoms with van der Waals surface area (Å²) < 4.78 is 37.3. The van der Waals surface area contributed by atoms with Gasteiger partial charge in [0.15, 0.2) is 0 Å². The molecule has 2 aromatic rings. The topological polar surface area (TPSA) is 299 Å². The number of hydrogen-bond donors (Lipinski definition) is 8. The molecule has 0 spiro atoms. The molecule has 2 rings (SSSR count). The summed E-state index contributed by atoms with van der Waals surface area (Å²) in [5.74, 6) is -9.73. The third-order valence-electron chi connectivity index (χ3n) is 8.52. The van der Waals surface area contributed by atoms with Gasteiger partial charge in [0.05, 0.1) is 6.42 Å². The molecule has 6 amide bonds. The summed E-state index contributed by atoms with van der Waals surface area (Å²) in [7, 11) is 0. The molecule has 0 saturated carbocycles. The molecule has 0 unspecified atom stereocenters. The first-order valence-corrected chi connectivity index (χ1v) is 19.3. The Morgan fingerprint density at radius 2 is 1.47 bits per heavy atom. The highest BCUT2D eigenvalue weighted by Gasteiger charge is 2.36. The van der Waals surface area contributed by atoms with E-state index in [1.807, 2.05) is 0 Å². The Balaban J connectivity index is 1.79. The summed E-state index contributed by atoms with van der Waals surface area (Å²) in [5.41, 5.74) is 4.69. The molecule has 0 aliphatic heterocycles. The highest BCUT2D eigenvalue weighted by molar-refractivity contribution is 5.96. The molecule has 0 aliphatic rings. The van der Waals surface area contributed by atoms with Gasteiger partial charge in [0.25, 0.3) is 0 Å². The number of halogens is 2. The number of nitrogens with two attached hydrogens (primary N) is 1. The smallest absolute Gasteiger partial charge is 0.408 e. The van der Waals surface area contributed by atoms with Crippen molar-refractivity contribution < 1.29 is 71.6 Å². The molecule has 338 valence electrons. The van der Waals surface area contributed by atoms with Crippen molar-refractivity contribution in [2.75, 3.05) is 6.54 Å². The van der Waals surface area contributed by atoms with Gasteiger partial charge in [-0.2, -0.15) is 0 Å². The van der Waals surface area contributed by atoms with E-state index in [0.717, 1.165) is 24.3 Å². The van der Waals surface area contributed by atoms with Crippen molar-refractivity contribution in [2.45, 2.75) is 109 Å². The van der Waals surface area contributed by atoms with Crippen molar-refractivity contribution in [3.05, 3.63) is 77.4 Å². The molecule has 9 N–H and O–H groups in total. The molecule has 5 atom stereocenters. The number of nitrogens with one attached hydrogen (secondary N) is 5. The van der Waals surface area contributed by atoms with E-state index < -0.39 is 114 Å². The fourth-order valence-corrected chi connectivity index (χ4v) is 5.41. The molecule has 0 aromatic heterocycles. The van der Waals surface area contributed by atoms with Gasteiger partial charge in [-0.25, -0.2) is 23.2 Å². The number of unbranched alkanes of at least 4 members (excludes halogenated alkanes) is 1. The van der Waals surface area contributed by atoms with Crippen molar-refractivity contribution in [3.63, 3.8) is 0 Å². The van der Waals surface area contributed by atoms with Crippen molar-refractivity contribution in [1.29, 1.82) is 0 Å². The van der Waals surface area contributed by atoms with Crippen LogP contribution in [0.5, 0.6) is 0 Å². The number of esters is 1. The number of aliphatic carboxylic acids is 2. The minimum Gasteiger partial charge on any atom is -0.480 e. The Labute approximate surface area is 355 Å². The number of ether oxygens (including phenoxy) is 2. The predicted octanol–water partition coefficient (Wildman–Crippen LogP) is 2.13. The first kappa shape index (κ1) is 51.2. The zero-order chi connectivity index (χ0) is 46.6. The number of carboxylic acids is 2. The second-order valence-corrected chi connectivity index (χ2v) is 14.8. The summed E-state index contributed by atoms with van der Waals surface area (Å²) in [5, 5.41) is 31.4. The Hall–Kier alpha value is -6.93. The normalized spacial score (nSPS) is 13.6. The van der Waals surface area contributed by atoms with Gasteiger partial charge in [-0.3, -0.25) is 28.8 Å². The lowest BCUT2D eigenvalue weighted by Gasteiger charge is -2.27. The number of amides is 6. The molecule has 0 radical (unpaired) electrons. The van der Waals surface area contributed by atoms with E-state index in [1.54, 1.807) is 39.0 Å². The van der Waals surface area contributed by atoms with Crippen molar-refractivity contribution in [3.8, 4) is 0 Å². The Morgan fingerprint density at radius 3 is 2.06 bits per heavy atom. The molecule has 0 saturated heterocycles. The van der Waals surface area contributed by atoms with Gasteiger partial charge in [-0.05, 0) is 77.2 Å². The van der Waals surface area contributed by atoms with Crippen LogP contribution in [0.2, 0.25) is 0 Å². The maximum atomic E-state index is 13.8. The molecule has 62 heavy (non-hydrogen) atoms. The lowest BCUT2D eigenvalue weighted by molar-refractivity contribution is -0.166. The van der Waals surface area contributed by atoms with E-state index in [2.05, 4.69) is 26.6 Å². The maximum absolute atomic E-state index is 13.8. The highest BCUT2D eigenvalue weighted by Crippen LogP contribution is 2.22. The maximum Gasteiger partial charge on any atom is 0.408 e. The lowest BCUT2D eigenvalue weighted by Crippen LogP contribution is -2.52. The van der Waals surface area contributed by atoms with Crippen LogP contribution in [0.1, 0.15) is 89.8 Å². The predicted molar refractivity (Wildman–Crippen MR) is 215 cm³/mol. The summed E-state index contributed by atoms with van der Waals surface area (Å²) in [6.07, 6.45) is -2.07. The van der Waals surface area contributed by atoms with E-state index >= 15 is 0 Å². The number of carboxylic acid groups (broad SMARTS) is 2. The van der Waals surface area contributed by atoms with E-state index in [-0.39, 0.29) is 44.2 Å². The molecule has 0 heterocycles.